The van der Waals surface area contributed by atoms with Crippen LogP contribution in [0.2, 0.25) is 0 Å². The van der Waals surface area contributed by atoms with Gasteiger partial charge in [-0.05, 0) is 48.6 Å². The molecule has 2 N–H and O–H groups in total. The lowest BCUT2D eigenvalue weighted by molar-refractivity contribution is 0.262. The van der Waals surface area contributed by atoms with E-state index in [1.165, 1.54) is 0 Å². The van der Waals surface area contributed by atoms with Gasteiger partial charge in [-0.3, -0.25) is 15.3 Å². The number of amides is 2. The molecule has 0 aliphatic rings. The fourth-order valence-electron chi connectivity index (χ4n) is 4.54. The van der Waals surface area contributed by atoms with Crippen LogP contribution in [0.5, 0.6) is 0 Å². The van der Waals surface area contributed by atoms with Gasteiger partial charge in [0.25, 0.3) is 0 Å². The minimum atomic E-state index is -0.347. The Labute approximate surface area is 229 Å². The summed E-state index contributed by atoms with van der Waals surface area (Å²) in [5.41, 5.74) is 6.31. The van der Waals surface area contributed by atoms with Crippen LogP contribution >= 0.6 is 0 Å². The zero-order valence-electron chi connectivity index (χ0n) is 23.1. The van der Waals surface area contributed by atoms with Crippen LogP contribution in [-0.2, 0) is 11.8 Å². The van der Waals surface area contributed by atoms with Crippen molar-refractivity contribution in [2.75, 3.05) is 10.6 Å². The number of carbonyl (C=O) groups excluding carboxylic acids is 1. The average Bonchev–Trinajstić information content (AvgIpc) is 3.34. The molecule has 3 aromatic heterocycles. The SMILES string of the molecule is CCCc1ccc(-c2ccc(NC(=O)Nc3cc(C(C)(C)C)nn3-c3ccc(C)nc3)c3ccccc23)cn1. The predicted molar refractivity (Wildman–Crippen MR) is 159 cm³/mol. The highest BCUT2D eigenvalue weighted by molar-refractivity contribution is 6.09. The van der Waals surface area contributed by atoms with Gasteiger partial charge in [-0.2, -0.15) is 5.10 Å². The van der Waals surface area contributed by atoms with Crippen LogP contribution < -0.4 is 10.6 Å². The minimum absolute atomic E-state index is 0.189. The van der Waals surface area contributed by atoms with Crippen LogP contribution in [0.3, 0.4) is 0 Å². The van der Waals surface area contributed by atoms with E-state index in [1.54, 1.807) is 10.9 Å². The van der Waals surface area contributed by atoms with Crippen LogP contribution in [0.1, 0.15) is 51.2 Å². The van der Waals surface area contributed by atoms with Crippen LogP contribution in [-0.4, -0.2) is 25.8 Å². The van der Waals surface area contributed by atoms with Crippen LogP contribution in [0.4, 0.5) is 16.3 Å². The first kappa shape index (κ1) is 26.1. The Morgan fingerprint density at radius 1 is 0.897 bits per heavy atom. The Balaban J connectivity index is 1.44. The van der Waals surface area contributed by atoms with Gasteiger partial charge in [0.15, 0.2) is 0 Å². The summed E-state index contributed by atoms with van der Waals surface area (Å²) in [5.74, 6) is 0.572. The Morgan fingerprint density at radius 2 is 1.69 bits per heavy atom. The lowest BCUT2D eigenvalue weighted by atomic mass is 9.92. The maximum atomic E-state index is 13.3. The highest BCUT2D eigenvalue weighted by atomic mass is 16.2. The third-order valence-corrected chi connectivity index (χ3v) is 6.67. The van der Waals surface area contributed by atoms with E-state index in [9.17, 15) is 4.79 Å². The van der Waals surface area contributed by atoms with Crippen molar-refractivity contribution in [1.82, 2.24) is 19.7 Å². The lowest BCUT2D eigenvalue weighted by Crippen LogP contribution is -2.21. The molecule has 2 amide bonds. The average molecular weight is 519 g/mol. The first-order valence-corrected chi connectivity index (χ1v) is 13.3. The number of fused-ring (bicyclic) bond motifs is 1. The van der Waals surface area contributed by atoms with E-state index in [0.717, 1.165) is 63.2 Å². The third kappa shape index (κ3) is 5.67. The van der Waals surface area contributed by atoms with Crippen molar-refractivity contribution in [2.24, 2.45) is 0 Å². The lowest BCUT2D eigenvalue weighted by Gasteiger charge is -2.14. The molecule has 0 fully saturated rings. The summed E-state index contributed by atoms with van der Waals surface area (Å²) in [6.45, 7) is 10.4. The van der Waals surface area contributed by atoms with E-state index in [0.29, 0.717) is 5.82 Å². The number of pyridine rings is 2. The molecule has 0 aliphatic carbocycles. The molecule has 39 heavy (non-hydrogen) atoms. The van der Waals surface area contributed by atoms with Crippen molar-refractivity contribution < 1.29 is 4.79 Å². The molecule has 2 aromatic carbocycles. The zero-order valence-corrected chi connectivity index (χ0v) is 23.1. The number of hydrogen-bond donors (Lipinski definition) is 2. The number of hydrogen-bond acceptors (Lipinski definition) is 4. The van der Waals surface area contributed by atoms with E-state index < -0.39 is 0 Å². The van der Waals surface area contributed by atoms with E-state index in [1.807, 2.05) is 61.7 Å². The number of aromatic nitrogens is 4. The first-order valence-electron chi connectivity index (χ1n) is 13.3. The van der Waals surface area contributed by atoms with E-state index >= 15 is 0 Å². The minimum Gasteiger partial charge on any atom is -0.307 e. The first-order chi connectivity index (χ1) is 18.7. The van der Waals surface area contributed by atoms with Crippen molar-refractivity contribution in [1.29, 1.82) is 0 Å². The van der Waals surface area contributed by atoms with Crippen LogP contribution in [0, 0.1) is 6.92 Å². The molecule has 0 bridgehead atoms. The van der Waals surface area contributed by atoms with Gasteiger partial charge in [-0.15, -0.1) is 0 Å². The number of urea groups is 1. The van der Waals surface area contributed by atoms with E-state index in [2.05, 4.69) is 66.5 Å². The van der Waals surface area contributed by atoms with Gasteiger partial charge >= 0.3 is 6.03 Å². The number of aryl methyl sites for hydroxylation is 2. The maximum Gasteiger partial charge on any atom is 0.324 e. The van der Waals surface area contributed by atoms with Crippen LogP contribution in [0.25, 0.3) is 27.6 Å². The summed E-state index contributed by atoms with van der Waals surface area (Å²) in [7, 11) is 0. The third-order valence-electron chi connectivity index (χ3n) is 6.67. The molecule has 3 heterocycles. The van der Waals surface area contributed by atoms with E-state index in [-0.39, 0.29) is 11.4 Å². The van der Waals surface area contributed by atoms with Crippen molar-refractivity contribution in [3.8, 4) is 16.8 Å². The number of anilines is 2. The monoisotopic (exact) mass is 518 g/mol. The van der Waals surface area contributed by atoms with Crippen molar-refractivity contribution in [3.63, 3.8) is 0 Å². The number of rotatable bonds is 6. The molecule has 0 unspecified atom stereocenters. The second kappa shape index (κ2) is 10.7. The molecular weight excluding hydrogens is 484 g/mol. The van der Waals surface area contributed by atoms with Gasteiger partial charge in [0.2, 0.25) is 0 Å². The summed E-state index contributed by atoms with van der Waals surface area (Å²) in [5, 5.41) is 12.8. The Hall–Kier alpha value is -4.52. The second-order valence-electron chi connectivity index (χ2n) is 10.8. The Kier molecular flexibility index (Phi) is 7.15. The molecule has 7 nitrogen and oxygen atoms in total. The fourth-order valence-corrected chi connectivity index (χ4v) is 4.54. The summed E-state index contributed by atoms with van der Waals surface area (Å²) >= 11 is 0. The summed E-state index contributed by atoms with van der Waals surface area (Å²) < 4.78 is 1.73. The van der Waals surface area contributed by atoms with Crippen molar-refractivity contribution >= 4 is 28.3 Å². The largest absolute Gasteiger partial charge is 0.324 e. The normalized spacial score (nSPS) is 11.5. The molecule has 198 valence electrons. The molecule has 5 aromatic rings. The highest BCUT2D eigenvalue weighted by Crippen LogP contribution is 2.33. The molecule has 0 saturated heterocycles. The number of nitrogens with zero attached hydrogens (tertiary/aromatic N) is 4. The molecule has 5 rings (SSSR count). The van der Waals surface area contributed by atoms with Crippen LogP contribution in [0.15, 0.2) is 79.1 Å². The highest BCUT2D eigenvalue weighted by Gasteiger charge is 2.22. The zero-order chi connectivity index (χ0) is 27.6. The predicted octanol–water partition coefficient (Wildman–Crippen LogP) is 7.68. The topological polar surface area (TPSA) is 84.7 Å². The summed E-state index contributed by atoms with van der Waals surface area (Å²) in [4.78, 5) is 22.3. The maximum absolute atomic E-state index is 13.3. The summed E-state index contributed by atoms with van der Waals surface area (Å²) in [6.07, 6.45) is 5.72. The molecular formula is C32H34N6O. The van der Waals surface area contributed by atoms with Crippen molar-refractivity contribution in [3.05, 3.63) is 96.2 Å². The fraction of sp³-hybridized carbons (Fsp3) is 0.250. The molecule has 0 atom stereocenters. The van der Waals surface area contributed by atoms with Crippen molar-refractivity contribution in [2.45, 2.75) is 52.9 Å². The Morgan fingerprint density at radius 3 is 2.36 bits per heavy atom. The summed E-state index contributed by atoms with van der Waals surface area (Å²) in [6, 6.07) is 21.7. The molecule has 7 heteroatoms. The quantitative estimate of drug-likeness (QED) is 0.241. The van der Waals surface area contributed by atoms with Gasteiger partial charge in [-0.1, -0.05) is 70.5 Å². The number of benzene rings is 2. The smallest absolute Gasteiger partial charge is 0.307 e. The number of nitrogens with one attached hydrogen (secondary N) is 2. The molecule has 0 saturated carbocycles. The van der Waals surface area contributed by atoms with E-state index in [4.69, 9.17) is 5.10 Å². The molecule has 0 radical (unpaired) electrons. The van der Waals surface area contributed by atoms with Gasteiger partial charge < -0.3 is 5.32 Å². The standard InChI is InChI=1S/C32H34N6O/c1-6-9-23-14-13-22(19-34-23)25-16-17-28(27-11-8-7-10-26(25)27)35-31(39)36-30-18-29(32(3,4)5)37-38(30)24-15-12-21(2)33-20-24/h7-8,10-20H,6,9H2,1-5H3,(H2,35,36,39). The second-order valence-corrected chi connectivity index (χ2v) is 10.8. The molecule has 0 spiro atoms. The number of carbonyl (C=O) groups is 1. The van der Waals surface area contributed by atoms with Gasteiger partial charge in [0.1, 0.15) is 5.82 Å². The van der Waals surface area contributed by atoms with Gasteiger partial charge in [0.05, 0.1) is 23.3 Å². The van der Waals surface area contributed by atoms with Gasteiger partial charge in [0, 0.05) is 40.0 Å². The van der Waals surface area contributed by atoms with Gasteiger partial charge in [-0.25, -0.2) is 9.48 Å². The Bertz CT molecular complexity index is 1610. The molecule has 0 aliphatic heterocycles.